The second-order valence-electron chi connectivity index (χ2n) is 6.04. The van der Waals surface area contributed by atoms with Gasteiger partial charge in [-0.2, -0.15) is 0 Å². The van der Waals surface area contributed by atoms with E-state index in [1.54, 1.807) is 6.26 Å². The van der Waals surface area contributed by atoms with Crippen molar-refractivity contribution in [3.63, 3.8) is 0 Å². The fourth-order valence-electron chi connectivity index (χ4n) is 3.15. The van der Waals surface area contributed by atoms with E-state index in [4.69, 9.17) is 13.9 Å². The number of likely N-dealkylation sites (N-methyl/N-ethyl adjacent to an activating group) is 1. The number of furan rings is 1. The van der Waals surface area contributed by atoms with Crippen LogP contribution in [0.2, 0.25) is 0 Å². The highest BCUT2D eigenvalue weighted by molar-refractivity contribution is 5.08. The van der Waals surface area contributed by atoms with Crippen LogP contribution in [0, 0.1) is 5.92 Å². The zero-order chi connectivity index (χ0) is 13.9. The molecule has 0 aromatic carbocycles. The lowest BCUT2D eigenvalue weighted by Gasteiger charge is -2.21. The third kappa shape index (κ3) is 3.06. The lowest BCUT2D eigenvalue weighted by atomic mass is 10.0. The number of ether oxygens (including phenoxy) is 2. The Morgan fingerprint density at radius 3 is 3.05 bits per heavy atom. The van der Waals surface area contributed by atoms with Crippen LogP contribution in [0.3, 0.4) is 0 Å². The van der Waals surface area contributed by atoms with E-state index in [1.807, 2.05) is 12.3 Å². The van der Waals surface area contributed by atoms with E-state index in [-0.39, 0.29) is 0 Å². The lowest BCUT2D eigenvalue weighted by Crippen LogP contribution is -2.32. The summed E-state index contributed by atoms with van der Waals surface area (Å²) in [6.07, 6.45) is 3.86. The first-order valence-electron chi connectivity index (χ1n) is 7.33. The maximum atomic E-state index is 6.09. The molecule has 0 unspecified atom stereocenters. The molecule has 2 aliphatic heterocycles. The van der Waals surface area contributed by atoms with E-state index in [2.05, 4.69) is 23.9 Å². The molecule has 1 aromatic heterocycles. The van der Waals surface area contributed by atoms with Gasteiger partial charge in [-0.1, -0.05) is 0 Å². The second kappa shape index (κ2) is 6.26. The summed E-state index contributed by atoms with van der Waals surface area (Å²) in [5.41, 5.74) is 1.23. The fourth-order valence-corrected chi connectivity index (χ4v) is 3.15. The van der Waals surface area contributed by atoms with Gasteiger partial charge in [0.05, 0.1) is 38.5 Å². The molecule has 3 rings (SSSR count). The Balaban J connectivity index is 1.57. The van der Waals surface area contributed by atoms with Crippen molar-refractivity contribution in [3.8, 4) is 0 Å². The summed E-state index contributed by atoms with van der Waals surface area (Å²) in [6, 6.07) is 2.53. The highest BCUT2D eigenvalue weighted by Crippen LogP contribution is 2.33. The Hall–Kier alpha value is -0.880. The highest BCUT2D eigenvalue weighted by atomic mass is 16.5. The monoisotopic (exact) mass is 280 g/mol. The molecule has 20 heavy (non-hydrogen) atoms. The van der Waals surface area contributed by atoms with E-state index in [1.165, 1.54) is 5.56 Å². The van der Waals surface area contributed by atoms with Gasteiger partial charge in [-0.3, -0.25) is 4.90 Å². The molecule has 0 amide bonds. The summed E-state index contributed by atoms with van der Waals surface area (Å²) >= 11 is 0. The molecule has 0 aliphatic carbocycles. The third-order valence-electron chi connectivity index (χ3n) is 4.29. The average Bonchev–Trinajstić information content (AvgIpc) is 3.10. The van der Waals surface area contributed by atoms with E-state index < -0.39 is 0 Å². The predicted octanol–water partition coefficient (Wildman–Crippen LogP) is 1.06. The van der Waals surface area contributed by atoms with Crippen molar-refractivity contribution in [2.75, 3.05) is 47.0 Å². The number of likely N-dealkylation sites (tertiary alicyclic amines) is 1. The number of nitrogens with zero attached hydrogens (tertiary/aromatic N) is 2. The van der Waals surface area contributed by atoms with Crippen molar-refractivity contribution in [3.05, 3.63) is 24.2 Å². The van der Waals surface area contributed by atoms with Gasteiger partial charge in [0.15, 0.2) is 0 Å². The Labute approximate surface area is 120 Å². The molecule has 2 fully saturated rings. The molecule has 0 radical (unpaired) electrons. The zero-order valence-corrected chi connectivity index (χ0v) is 12.3. The number of hydrogen-bond donors (Lipinski definition) is 0. The zero-order valence-electron chi connectivity index (χ0n) is 12.3. The van der Waals surface area contributed by atoms with Crippen molar-refractivity contribution >= 4 is 0 Å². The van der Waals surface area contributed by atoms with Gasteiger partial charge in [-0.15, -0.1) is 0 Å². The highest BCUT2D eigenvalue weighted by Gasteiger charge is 2.45. The minimum atomic E-state index is 0.300. The molecular weight excluding hydrogens is 256 g/mol. The van der Waals surface area contributed by atoms with E-state index in [0.29, 0.717) is 18.1 Å². The van der Waals surface area contributed by atoms with Crippen LogP contribution in [0.15, 0.2) is 23.0 Å². The molecule has 5 nitrogen and oxygen atoms in total. The van der Waals surface area contributed by atoms with Gasteiger partial charge < -0.3 is 18.8 Å². The first-order chi connectivity index (χ1) is 9.74. The van der Waals surface area contributed by atoms with Crippen LogP contribution in [0.1, 0.15) is 5.56 Å². The van der Waals surface area contributed by atoms with Crippen molar-refractivity contribution < 1.29 is 13.9 Å². The van der Waals surface area contributed by atoms with Crippen LogP contribution in [0.4, 0.5) is 0 Å². The van der Waals surface area contributed by atoms with Crippen LogP contribution in [0.5, 0.6) is 0 Å². The Kier molecular flexibility index (Phi) is 4.41. The Morgan fingerprint density at radius 2 is 2.30 bits per heavy atom. The summed E-state index contributed by atoms with van der Waals surface area (Å²) in [5, 5.41) is 0. The average molecular weight is 280 g/mol. The van der Waals surface area contributed by atoms with Gasteiger partial charge >= 0.3 is 0 Å². The first-order valence-corrected chi connectivity index (χ1v) is 7.33. The maximum absolute atomic E-state index is 6.09. The van der Waals surface area contributed by atoms with Gasteiger partial charge in [0.25, 0.3) is 0 Å². The lowest BCUT2D eigenvalue weighted by molar-refractivity contribution is 0.0132. The molecule has 2 aliphatic rings. The van der Waals surface area contributed by atoms with Crippen LogP contribution in [-0.2, 0) is 16.0 Å². The SMILES string of the molecule is CN(C)CCO[C@@H]1CN(Cc2ccoc2)[C@H]2COC[C@@H]12. The third-order valence-corrected chi connectivity index (χ3v) is 4.29. The smallest absolute Gasteiger partial charge is 0.0947 e. The minimum Gasteiger partial charge on any atom is -0.472 e. The second-order valence-corrected chi connectivity index (χ2v) is 6.04. The molecule has 0 saturated carbocycles. The van der Waals surface area contributed by atoms with Crippen LogP contribution in [-0.4, -0.2) is 69.0 Å². The van der Waals surface area contributed by atoms with Crippen molar-refractivity contribution in [1.82, 2.24) is 9.80 Å². The Bertz CT molecular complexity index is 407. The predicted molar refractivity (Wildman–Crippen MR) is 75.5 cm³/mol. The number of hydrogen-bond acceptors (Lipinski definition) is 5. The van der Waals surface area contributed by atoms with Crippen LogP contribution < -0.4 is 0 Å². The van der Waals surface area contributed by atoms with Crippen molar-refractivity contribution in [2.24, 2.45) is 5.92 Å². The molecule has 0 N–H and O–H groups in total. The summed E-state index contributed by atoms with van der Waals surface area (Å²) in [7, 11) is 4.15. The topological polar surface area (TPSA) is 38.1 Å². The van der Waals surface area contributed by atoms with Gasteiger partial charge in [-0.25, -0.2) is 0 Å². The van der Waals surface area contributed by atoms with Gasteiger partial charge in [0, 0.05) is 37.2 Å². The molecule has 1 aromatic rings. The van der Waals surface area contributed by atoms with Gasteiger partial charge in [0.1, 0.15) is 0 Å². The largest absolute Gasteiger partial charge is 0.472 e. The van der Waals surface area contributed by atoms with E-state index >= 15 is 0 Å². The van der Waals surface area contributed by atoms with E-state index in [0.717, 1.165) is 39.5 Å². The Morgan fingerprint density at radius 1 is 1.40 bits per heavy atom. The minimum absolute atomic E-state index is 0.300. The summed E-state index contributed by atoms with van der Waals surface area (Å²) in [5.74, 6) is 0.518. The van der Waals surface area contributed by atoms with Crippen molar-refractivity contribution in [1.29, 1.82) is 0 Å². The van der Waals surface area contributed by atoms with Gasteiger partial charge in [0.2, 0.25) is 0 Å². The molecule has 112 valence electrons. The van der Waals surface area contributed by atoms with Crippen LogP contribution in [0.25, 0.3) is 0 Å². The molecule has 3 atom stereocenters. The number of fused-ring (bicyclic) bond motifs is 1. The van der Waals surface area contributed by atoms with E-state index in [9.17, 15) is 0 Å². The molecule has 5 heteroatoms. The maximum Gasteiger partial charge on any atom is 0.0947 e. The molecule has 0 spiro atoms. The molecule has 0 bridgehead atoms. The first kappa shape index (κ1) is 14.1. The summed E-state index contributed by atoms with van der Waals surface area (Å²) in [6.45, 7) is 5.35. The molecule has 2 saturated heterocycles. The standard InChI is InChI=1S/C15H24N2O3/c1-16(2)4-6-20-15-8-17(7-12-3-5-18-9-12)14-11-19-10-13(14)15/h3,5,9,13-15H,4,6-8,10-11H2,1-2H3/t13-,14+,15-/m1/s1. The quantitative estimate of drug-likeness (QED) is 0.779. The molecule has 3 heterocycles. The summed E-state index contributed by atoms with van der Waals surface area (Å²) in [4.78, 5) is 4.63. The van der Waals surface area contributed by atoms with Crippen LogP contribution >= 0.6 is 0 Å². The van der Waals surface area contributed by atoms with Crippen molar-refractivity contribution in [2.45, 2.75) is 18.7 Å². The van der Waals surface area contributed by atoms with Gasteiger partial charge in [-0.05, 0) is 20.2 Å². The number of rotatable bonds is 6. The molecular formula is C15H24N2O3. The summed E-state index contributed by atoms with van der Waals surface area (Å²) < 4.78 is 16.9. The normalized spacial score (nSPS) is 30.2. The fraction of sp³-hybridized carbons (Fsp3) is 0.733.